The van der Waals surface area contributed by atoms with Crippen LogP contribution in [0.4, 0.5) is 0 Å². The predicted octanol–water partition coefficient (Wildman–Crippen LogP) is -3.36. The van der Waals surface area contributed by atoms with Crippen molar-refractivity contribution in [3.05, 3.63) is 17.2 Å². The number of fused-ring (bicyclic) bond motifs is 2. The first-order valence-corrected chi connectivity index (χ1v) is 10.7. The number of ketones is 1. The number of benzene rings is 1. The Hall–Kier alpha value is -3.83. The molecule has 0 spiro atoms. The fraction of sp³-hybridized carbons (Fsp3) is 0.476. The number of ether oxygens (including phenoxy) is 4. The van der Waals surface area contributed by atoms with Crippen LogP contribution < -0.4 is 4.74 Å². The molecule has 16 heteroatoms. The van der Waals surface area contributed by atoms with Crippen LogP contribution in [-0.4, -0.2) is 109 Å². The summed E-state index contributed by atoms with van der Waals surface area (Å²) < 4.78 is 19.9. The van der Waals surface area contributed by atoms with Gasteiger partial charge in [-0.2, -0.15) is 0 Å². The third-order valence-electron chi connectivity index (χ3n) is 6.26. The smallest absolute Gasteiger partial charge is 0.380 e. The molecule has 0 saturated carbocycles. The molecule has 37 heavy (non-hydrogen) atoms. The lowest BCUT2D eigenvalue weighted by Gasteiger charge is -2.42. The summed E-state index contributed by atoms with van der Waals surface area (Å²) in [7, 11) is 0. The van der Waals surface area contributed by atoms with Crippen molar-refractivity contribution in [2.75, 3.05) is 6.61 Å². The zero-order chi connectivity index (χ0) is 27.3. The van der Waals surface area contributed by atoms with Gasteiger partial charge in [0.25, 0.3) is 5.78 Å². The van der Waals surface area contributed by atoms with E-state index in [-0.39, 0.29) is 0 Å². The largest absolute Gasteiger partial charge is 0.504 e. The van der Waals surface area contributed by atoms with Crippen LogP contribution in [0.5, 0.6) is 17.2 Å². The van der Waals surface area contributed by atoms with Crippen molar-refractivity contribution in [2.45, 2.75) is 49.1 Å². The Morgan fingerprint density at radius 3 is 2.27 bits per heavy atom. The van der Waals surface area contributed by atoms with Gasteiger partial charge in [-0.05, 0) is 6.07 Å². The van der Waals surface area contributed by atoms with Gasteiger partial charge in [-0.3, -0.25) is 14.4 Å². The van der Waals surface area contributed by atoms with E-state index >= 15 is 0 Å². The van der Waals surface area contributed by atoms with Crippen LogP contribution in [0.15, 0.2) is 6.07 Å². The monoisotopic (exact) mass is 528 g/mol. The van der Waals surface area contributed by atoms with E-state index in [1.54, 1.807) is 0 Å². The van der Waals surface area contributed by atoms with Crippen LogP contribution in [-0.2, 0) is 33.4 Å². The highest BCUT2D eigenvalue weighted by molar-refractivity contribution is 6.41. The molecule has 16 nitrogen and oxygen atoms in total. The summed E-state index contributed by atoms with van der Waals surface area (Å²) in [5.74, 6) is -15.2. The number of aliphatic hydroxyl groups is 4. The van der Waals surface area contributed by atoms with Gasteiger partial charge in [0.15, 0.2) is 36.1 Å². The quantitative estimate of drug-likeness (QED) is 0.0874. The van der Waals surface area contributed by atoms with E-state index in [2.05, 4.69) is 0 Å². The van der Waals surface area contributed by atoms with Gasteiger partial charge < -0.3 is 54.7 Å². The van der Waals surface area contributed by atoms with Crippen molar-refractivity contribution >= 4 is 29.7 Å². The second kappa shape index (κ2) is 9.56. The minimum absolute atomic E-state index is 0.528. The van der Waals surface area contributed by atoms with Crippen molar-refractivity contribution < 1.29 is 78.7 Å². The molecule has 2 bridgehead atoms. The Labute approximate surface area is 205 Å². The molecule has 3 aliphatic heterocycles. The zero-order valence-corrected chi connectivity index (χ0v) is 18.4. The molecule has 1 aromatic carbocycles. The molecule has 3 heterocycles. The lowest BCUT2D eigenvalue weighted by molar-refractivity contribution is -0.293. The van der Waals surface area contributed by atoms with E-state index in [4.69, 9.17) is 18.9 Å². The average molecular weight is 528 g/mol. The van der Waals surface area contributed by atoms with E-state index in [1.165, 1.54) is 0 Å². The molecule has 200 valence electrons. The molecule has 8 unspecified atom stereocenters. The maximum atomic E-state index is 13.3. The maximum absolute atomic E-state index is 13.3. The number of carboxylic acid groups (broad SMARTS) is 1. The van der Waals surface area contributed by atoms with Crippen LogP contribution in [0.2, 0.25) is 0 Å². The molecule has 0 radical (unpaired) electrons. The molecule has 0 aromatic heterocycles. The van der Waals surface area contributed by atoms with Gasteiger partial charge in [0.1, 0.15) is 12.2 Å². The van der Waals surface area contributed by atoms with E-state index in [0.717, 1.165) is 0 Å². The molecule has 4 rings (SSSR count). The van der Waals surface area contributed by atoms with Crippen molar-refractivity contribution in [3.8, 4) is 17.2 Å². The van der Waals surface area contributed by atoms with Gasteiger partial charge in [-0.25, -0.2) is 9.59 Å². The lowest BCUT2D eigenvalue weighted by Crippen LogP contribution is -2.61. The molecule has 8 atom stereocenters. The van der Waals surface area contributed by atoms with Crippen molar-refractivity contribution in [2.24, 2.45) is 5.92 Å². The third-order valence-corrected chi connectivity index (χ3v) is 6.26. The fourth-order valence-corrected chi connectivity index (χ4v) is 4.54. The molecular formula is C21H20O16. The molecule has 0 aliphatic carbocycles. The maximum Gasteiger partial charge on any atom is 0.380 e. The van der Waals surface area contributed by atoms with Crippen LogP contribution in [0, 0.1) is 5.92 Å². The van der Waals surface area contributed by atoms with Crippen LogP contribution in [0.3, 0.4) is 0 Å². The number of esters is 3. The number of phenolic OH excluding ortho intramolecular Hbond substituents is 2. The molecule has 0 amide bonds. The molecule has 1 fully saturated rings. The summed E-state index contributed by atoms with van der Waals surface area (Å²) in [6.45, 7) is -0.951. The molecule has 1 saturated heterocycles. The first-order chi connectivity index (χ1) is 17.4. The standard InChI is InChI=1S/C21H20O16/c22-3-7-15-14(29)17(21(33)34-7)37-19(31)11(26)4-1-6(23)12(27)16-10(4)9(13(28)20(32)36-16)5(2-8(24)25)18(30)35-15/h1,5,7,9,13-15,17,21-23,27-29,33H,2-3H2,(H,24,25). The highest BCUT2D eigenvalue weighted by Gasteiger charge is 2.54. The average Bonchev–Trinajstić information content (AvgIpc) is 2.84. The number of hydrogen-bond donors (Lipinski definition) is 7. The van der Waals surface area contributed by atoms with Crippen LogP contribution in [0.1, 0.15) is 28.3 Å². The minimum atomic E-state index is -2.34. The Balaban J connectivity index is 1.99. The number of aromatic hydroxyl groups is 2. The van der Waals surface area contributed by atoms with Crippen molar-refractivity contribution in [1.29, 1.82) is 0 Å². The summed E-state index contributed by atoms with van der Waals surface area (Å²) in [6, 6.07) is 0.528. The van der Waals surface area contributed by atoms with Crippen molar-refractivity contribution in [3.63, 3.8) is 0 Å². The van der Waals surface area contributed by atoms with E-state index in [1.807, 2.05) is 0 Å². The SMILES string of the molecule is O=C(O)CC1C(=O)OC2C(CO)OC(O)C(OC(=O)C(=O)c3cc(O)c(O)c4c3C1C(O)C(=O)O4)C2O. The number of Topliss-reactive ketones (excluding diaryl/α,β-unsaturated/α-hetero) is 1. The fourth-order valence-electron chi connectivity index (χ4n) is 4.54. The number of carbonyl (C=O) groups excluding carboxylic acids is 4. The highest BCUT2D eigenvalue weighted by Crippen LogP contribution is 2.50. The summed E-state index contributed by atoms with van der Waals surface area (Å²) in [5.41, 5.74) is -1.55. The lowest BCUT2D eigenvalue weighted by atomic mass is 9.75. The number of phenols is 2. The Morgan fingerprint density at radius 1 is 0.973 bits per heavy atom. The van der Waals surface area contributed by atoms with Crippen LogP contribution >= 0.6 is 0 Å². The molecule has 1 aromatic rings. The molecule has 7 N–H and O–H groups in total. The van der Waals surface area contributed by atoms with Gasteiger partial charge in [-0.15, -0.1) is 0 Å². The second-order valence-electron chi connectivity index (χ2n) is 8.47. The van der Waals surface area contributed by atoms with Gasteiger partial charge in [0.05, 0.1) is 18.9 Å². The van der Waals surface area contributed by atoms with E-state index in [0.29, 0.717) is 6.07 Å². The molecular weight excluding hydrogens is 508 g/mol. The first kappa shape index (κ1) is 26.2. The number of aliphatic carboxylic acids is 1. The number of rotatable bonds is 3. The van der Waals surface area contributed by atoms with Crippen LogP contribution in [0.25, 0.3) is 0 Å². The summed E-state index contributed by atoms with van der Waals surface area (Å²) in [6.07, 6.45) is -13.2. The van der Waals surface area contributed by atoms with Gasteiger partial charge in [-0.1, -0.05) is 0 Å². The molecule has 3 aliphatic rings. The number of carboxylic acids is 1. The van der Waals surface area contributed by atoms with Gasteiger partial charge >= 0.3 is 23.9 Å². The topological polar surface area (TPSA) is 264 Å². The van der Waals surface area contributed by atoms with E-state index in [9.17, 15) is 59.7 Å². The normalized spacial score (nSPS) is 33.7. The number of carbonyl (C=O) groups is 5. The van der Waals surface area contributed by atoms with E-state index < -0.39 is 120 Å². The minimum Gasteiger partial charge on any atom is -0.504 e. The summed E-state index contributed by atoms with van der Waals surface area (Å²) in [5, 5.41) is 70.8. The predicted molar refractivity (Wildman–Crippen MR) is 108 cm³/mol. The third kappa shape index (κ3) is 4.34. The van der Waals surface area contributed by atoms with Gasteiger partial charge in [0.2, 0.25) is 5.75 Å². The summed E-state index contributed by atoms with van der Waals surface area (Å²) >= 11 is 0. The number of hydrogen-bond acceptors (Lipinski definition) is 15. The highest BCUT2D eigenvalue weighted by atomic mass is 16.7. The second-order valence-corrected chi connectivity index (χ2v) is 8.47. The van der Waals surface area contributed by atoms with Gasteiger partial charge in [0, 0.05) is 17.0 Å². The Bertz CT molecular complexity index is 1180. The van der Waals surface area contributed by atoms with Crippen molar-refractivity contribution in [1.82, 2.24) is 0 Å². The Kier molecular flexibility index (Phi) is 6.78. The first-order valence-electron chi connectivity index (χ1n) is 10.7. The summed E-state index contributed by atoms with van der Waals surface area (Å²) in [4.78, 5) is 63.1. The Morgan fingerprint density at radius 2 is 1.65 bits per heavy atom. The number of aliphatic hydroxyl groups excluding tert-OH is 4. The zero-order valence-electron chi connectivity index (χ0n) is 18.4.